The van der Waals surface area contributed by atoms with E-state index in [0.29, 0.717) is 6.04 Å². The van der Waals surface area contributed by atoms with Crippen molar-refractivity contribution in [1.29, 1.82) is 0 Å². The van der Waals surface area contributed by atoms with Gasteiger partial charge in [-0.05, 0) is 55.0 Å². The molecule has 1 aliphatic carbocycles. The number of para-hydroxylation sites is 1. The Morgan fingerprint density at radius 3 is 2.77 bits per heavy atom. The van der Waals surface area contributed by atoms with Gasteiger partial charge >= 0.3 is 0 Å². The molecule has 2 aliphatic heterocycles. The fourth-order valence-corrected chi connectivity index (χ4v) is 4.60. The van der Waals surface area contributed by atoms with Crippen LogP contribution in [0.15, 0.2) is 59.4 Å². The highest BCUT2D eigenvalue weighted by Crippen LogP contribution is 2.37. The third-order valence-electron chi connectivity index (χ3n) is 5.95. The van der Waals surface area contributed by atoms with Crippen LogP contribution in [0, 0.1) is 11.8 Å². The van der Waals surface area contributed by atoms with Gasteiger partial charge in [-0.1, -0.05) is 51.0 Å². The van der Waals surface area contributed by atoms with E-state index in [0.717, 1.165) is 29.9 Å². The van der Waals surface area contributed by atoms with E-state index >= 15 is 0 Å². The van der Waals surface area contributed by atoms with Crippen molar-refractivity contribution < 1.29 is 0 Å². The molecule has 1 aromatic rings. The Morgan fingerprint density at radius 2 is 1.96 bits per heavy atom. The van der Waals surface area contributed by atoms with Gasteiger partial charge in [0.25, 0.3) is 0 Å². The lowest BCUT2D eigenvalue weighted by atomic mass is 9.76. The lowest BCUT2D eigenvalue weighted by molar-refractivity contribution is 0.0928. The number of anilines is 1. The van der Waals surface area contributed by atoms with E-state index < -0.39 is 0 Å². The highest BCUT2D eigenvalue weighted by atomic mass is 15.3. The minimum Gasteiger partial charge on any atom is -0.349 e. The van der Waals surface area contributed by atoms with Crippen LogP contribution in [0.2, 0.25) is 0 Å². The number of nitrogens with one attached hydrogen (secondary N) is 2. The summed E-state index contributed by atoms with van der Waals surface area (Å²) in [6.45, 7) is 4.75. The second kappa shape index (κ2) is 7.56. The normalized spacial score (nSPS) is 28.1. The van der Waals surface area contributed by atoms with Gasteiger partial charge in [0.15, 0.2) is 0 Å². The van der Waals surface area contributed by atoms with Gasteiger partial charge in [-0.3, -0.25) is 0 Å². The van der Waals surface area contributed by atoms with Gasteiger partial charge in [-0.25, -0.2) is 4.99 Å². The lowest BCUT2D eigenvalue weighted by Crippen LogP contribution is -2.50. The zero-order valence-electron chi connectivity index (χ0n) is 15.9. The minimum atomic E-state index is 0.122. The number of benzene rings is 1. The summed E-state index contributed by atoms with van der Waals surface area (Å²) >= 11 is 0. The highest BCUT2D eigenvalue weighted by molar-refractivity contribution is 5.95. The van der Waals surface area contributed by atoms with Crippen molar-refractivity contribution >= 4 is 11.6 Å². The maximum Gasteiger partial charge on any atom is 0.202 e. The van der Waals surface area contributed by atoms with Gasteiger partial charge in [0.2, 0.25) is 5.96 Å². The van der Waals surface area contributed by atoms with E-state index in [1.165, 1.54) is 31.3 Å². The summed E-state index contributed by atoms with van der Waals surface area (Å²) in [7, 11) is 0. The first kappa shape index (κ1) is 17.2. The molecule has 4 nitrogen and oxygen atoms in total. The van der Waals surface area contributed by atoms with Crippen LogP contribution in [-0.2, 0) is 0 Å². The number of nitrogens with zero attached hydrogens (tertiary/aromatic N) is 2. The zero-order chi connectivity index (χ0) is 17.9. The van der Waals surface area contributed by atoms with Crippen LogP contribution in [0.5, 0.6) is 0 Å². The Morgan fingerprint density at radius 1 is 1.15 bits per heavy atom. The molecule has 0 radical (unpaired) electrons. The number of fused-ring (bicyclic) bond motifs is 1. The molecule has 1 fully saturated rings. The Labute approximate surface area is 157 Å². The van der Waals surface area contributed by atoms with E-state index in [4.69, 9.17) is 4.99 Å². The summed E-state index contributed by atoms with van der Waals surface area (Å²) in [6, 6.07) is 10.8. The molecule has 4 rings (SSSR count). The highest BCUT2D eigenvalue weighted by Gasteiger charge is 2.37. The molecule has 0 spiro atoms. The summed E-state index contributed by atoms with van der Waals surface area (Å²) in [5, 5.41) is 6.76. The molecule has 3 unspecified atom stereocenters. The molecule has 1 saturated carbocycles. The molecule has 0 amide bonds. The van der Waals surface area contributed by atoms with Crippen LogP contribution in [0.1, 0.15) is 46.0 Å². The zero-order valence-corrected chi connectivity index (χ0v) is 15.9. The molecule has 0 bridgehead atoms. The van der Waals surface area contributed by atoms with Crippen LogP contribution < -0.4 is 10.6 Å². The predicted octanol–water partition coefficient (Wildman–Crippen LogP) is 4.70. The first-order valence-corrected chi connectivity index (χ1v) is 10.0. The molecule has 138 valence electrons. The van der Waals surface area contributed by atoms with Crippen molar-refractivity contribution in [1.82, 2.24) is 10.2 Å². The van der Waals surface area contributed by atoms with Gasteiger partial charge in [0, 0.05) is 17.9 Å². The van der Waals surface area contributed by atoms with Gasteiger partial charge in [-0.2, -0.15) is 0 Å². The van der Waals surface area contributed by atoms with Crippen molar-refractivity contribution in [3.63, 3.8) is 0 Å². The summed E-state index contributed by atoms with van der Waals surface area (Å²) in [6.07, 6.45) is 13.2. The van der Waals surface area contributed by atoms with E-state index in [2.05, 4.69) is 60.0 Å². The molecule has 2 heterocycles. The van der Waals surface area contributed by atoms with Crippen LogP contribution in [0.3, 0.4) is 0 Å². The molecule has 2 N–H and O–H groups in total. The van der Waals surface area contributed by atoms with Gasteiger partial charge in [0.05, 0.1) is 0 Å². The number of allylic oxidation sites excluding steroid dienone is 1. The van der Waals surface area contributed by atoms with Crippen molar-refractivity contribution in [2.75, 3.05) is 5.32 Å². The van der Waals surface area contributed by atoms with E-state index in [9.17, 15) is 0 Å². The Bertz CT molecular complexity index is 704. The van der Waals surface area contributed by atoms with Gasteiger partial charge in [-0.15, -0.1) is 0 Å². The van der Waals surface area contributed by atoms with Gasteiger partial charge in [0.1, 0.15) is 6.17 Å². The SMILES string of the molecule is CC(C)C1CCCCC1N1C=CCC2=CNC(Nc3ccccc3)=NC21. The predicted molar refractivity (Wildman–Crippen MR) is 109 cm³/mol. The van der Waals surface area contributed by atoms with Crippen molar-refractivity contribution in [3.8, 4) is 0 Å². The third kappa shape index (κ3) is 3.50. The first-order chi connectivity index (χ1) is 12.7. The summed E-state index contributed by atoms with van der Waals surface area (Å²) in [5.41, 5.74) is 2.42. The van der Waals surface area contributed by atoms with Crippen molar-refractivity contribution in [2.24, 2.45) is 16.8 Å². The maximum absolute atomic E-state index is 5.05. The fourth-order valence-electron chi connectivity index (χ4n) is 4.60. The molecule has 0 aromatic heterocycles. The average molecular weight is 351 g/mol. The summed E-state index contributed by atoms with van der Waals surface area (Å²) < 4.78 is 0. The van der Waals surface area contributed by atoms with Crippen LogP contribution in [0.25, 0.3) is 0 Å². The fraction of sp³-hybridized carbons (Fsp3) is 0.500. The summed E-state index contributed by atoms with van der Waals surface area (Å²) in [4.78, 5) is 7.58. The number of aliphatic imine (C=N–C) groups is 1. The molecule has 1 aromatic carbocycles. The van der Waals surface area contributed by atoms with Crippen molar-refractivity contribution in [2.45, 2.75) is 58.2 Å². The summed E-state index contributed by atoms with van der Waals surface area (Å²) in [5.74, 6) is 2.31. The molecule has 3 aliphatic rings. The second-order valence-electron chi connectivity index (χ2n) is 8.00. The number of hydrogen-bond donors (Lipinski definition) is 2. The number of hydrogen-bond acceptors (Lipinski definition) is 4. The first-order valence-electron chi connectivity index (χ1n) is 10.0. The van der Waals surface area contributed by atoms with Crippen LogP contribution in [-0.4, -0.2) is 23.1 Å². The largest absolute Gasteiger partial charge is 0.349 e. The van der Waals surface area contributed by atoms with Crippen molar-refractivity contribution in [3.05, 3.63) is 54.4 Å². The van der Waals surface area contributed by atoms with Crippen LogP contribution in [0.4, 0.5) is 5.69 Å². The maximum atomic E-state index is 5.05. The molecule has 0 saturated heterocycles. The Balaban J connectivity index is 1.57. The Kier molecular flexibility index (Phi) is 5.00. The minimum absolute atomic E-state index is 0.122. The standard InChI is InChI=1S/C22H30N4/c1-16(2)19-12-6-7-13-20(19)26-14-8-9-17-15-23-22(25-21(17)26)24-18-10-4-3-5-11-18/h3-5,8,10-11,14-16,19-21H,6-7,9,12-13H2,1-2H3,(H2,23,24,25). The molecule has 26 heavy (non-hydrogen) atoms. The molecular formula is C22H30N4. The Hall–Kier alpha value is -2.23. The topological polar surface area (TPSA) is 39.7 Å². The van der Waals surface area contributed by atoms with Gasteiger partial charge < -0.3 is 15.5 Å². The molecule has 4 heteroatoms. The van der Waals surface area contributed by atoms with E-state index in [1.54, 1.807) is 0 Å². The lowest BCUT2D eigenvalue weighted by Gasteiger charge is -2.46. The van der Waals surface area contributed by atoms with E-state index in [1.807, 2.05) is 18.2 Å². The smallest absolute Gasteiger partial charge is 0.202 e. The number of rotatable bonds is 3. The monoisotopic (exact) mass is 350 g/mol. The second-order valence-corrected chi connectivity index (χ2v) is 8.00. The molecular weight excluding hydrogens is 320 g/mol. The quantitative estimate of drug-likeness (QED) is 0.830. The molecule has 3 atom stereocenters. The average Bonchev–Trinajstić information content (AvgIpc) is 2.68. The van der Waals surface area contributed by atoms with Crippen LogP contribution >= 0.6 is 0 Å². The van der Waals surface area contributed by atoms with E-state index in [-0.39, 0.29) is 6.17 Å². The number of guanidine groups is 1. The third-order valence-corrected chi connectivity index (χ3v) is 5.95.